The van der Waals surface area contributed by atoms with E-state index in [0.717, 1.165) is 25.3 Å². The van der Waals surface area contributed by atoms with Gasteiger partial charge in [0, 0.05) is 49.8 Å². The van der Waals surface area contributed by atoms with Gasteiger partial charge >= 0.3 is 0 Å². The van der Waals surface area contributed by atoms with Crippen LogP contribution in [0.2, 0.25) is 0 Å². The van der Waals surface area contributed by atoms with Gasteiger partial charge in [-0.05, 0) is 13.0 Å². The van der Waals surface area contributed by atoms with E-state index < -0.39 is 0 Å². The van der Waals surface area contributed by atoms with Crippen molar-refractivity contribution in [3.05, 3.63) is 23.5 Å². The van der Waals surface area contributed by atoms with E-state index >= 15 is 0 Å². The first kappa shape index (κ1) is 10.4. The van der Waals surface area contributed by atoms with Crippen LogP contribution >= 0.6 is 0 Å². The molecule has 0 aliphatic carbocycles. The molecule has 1 N–H and O–H groups in total. The summed E-state index contributed by atoms with van der Waals surface area (Å²) < 4.78 is 0. The number of aromatic nitrogens is 1. The van der Waals surface area contributed by atoms with Gasteiger partial charge in [-0.1, -0.05) is 0 Å². The van der Waals surface area contributed by atoms with E-state index in [1.54, 1.807) is 0 Å². The first-order valence-corrected chi connectivity index (χ1v) is 5.20. The van der Waals surface area contributed by atoms with Crippen LogP contribution < -0.4 is 4.90 Å². The number of aryl methyl sites for hydroxylation is 1. The van der Waals surface area contributed by atoms with Crippen molar-refractivity contribution in [1.82, 2.24) is 9.88 Å². The highest BCUT2D eigenvalue weighted by molar-refractivity contribution is 5.53. The van der Waals surface area contributed by atoms with Crippen molar-refractivity contribution >= 4 is 5.69 Å². The molecule has 0 fully saturated rings. The van der Waals surface area contributed by atoms with Crippen molar-refractivity contribution in [2.45, 2.75) is 13.5 Å². The molecule has 0 spiro atoms. The van der Waals surface area contributed by atoms with Crippen molar-refractivity contribution in [2.24, 2.45) is 0 Å². The molecule has 82 valence electrons. The molecule has 1 aromatic rings. The first-order valence-electron chi connectivity index (χ1n) is 5.20. The number of anilines is 1. The minimum atomic E-state index is 0.112. The predicted octanol–water partition coefficient (Wildman–Crippen LogP) is 0.592. The normalized spacial score (nSPS) is 17.4. The quantitative estimate of drug-likeness (QED) is 0.731. The third kappa shape index (κ3) is 2.11. The average Bonchev–Trinajstić information content (AvgIpc) is 2.39. The lowest BCUT2D eigenvalue weighted by molar-refractivity contribution is 0.106. The molecule has 1 aliphatic heterocycles. The summed E-state index contributed by atoms with van der Waals surface area (Å²) in [5.74, 6) is 0. The second kappa shape index (κ2) is 4.16. The van der Waals surface area contributed by atoms with E-state index in [2.05, 4.69) is 23.0 Å². The molecule has 2 heterocycles. The number of aliphatic hydroxyl groups is 1. The number of hydrogen-bond donors (Lipinski definition) is 1. The minimum absolute atomic E-state index is 0.112. The average molecular weight is 207 g/mol. The third-order valence-corrected chi connectivity index (χ3v) is 2.86. The maximum absolute atomic E-state index is 9.17. The Morgan fingerprint density at radius 3 is 3.00 bits per heavy atom. The predicted molar refractivity (Wildman–Crippen MR) is 59.7 cm³/mol. The Kier molecular flexibility index (Phi) is 2.88. The summed E-state index contributed by atoms with van der Waals surface area (Å²) in [4.78, 5) is 8.54. The first-order chi connectivity index (χ1) is 7.20. The molecule has 2 rings (SSSR count). The van der Waals surface area contributed by atoms with Crippen molar-refractivity contribution < 1.29 is 5.11 Å². The highest BCUT2D eigenvalue weighted by atomic mass is 16.3. The van der Waals surface area contributed by atoms with E-state index in [9.17, 15) is 0 Å². The molecule has 0 bridgehead atoms. The summed E-state index contributed by atoms with van der Waals surface area (Å²) in [6, 6.07) is 2.11. The molecule has 0 radical (unpaired) electrons. The molecule has 0 saturated carbocycles. The Bertz CT molecular complexity index is 354. The molecule has 0 aromatic carbocycles. The third-order valence-electron chi connectivity index (χ3n) is 2.86. The summed E-state index contributed by atoms with van der Waals surface area (Å²) in [7, 11) is 2.08. The number of nitrogens with zero attached hydrogens (tertiary/aromatic N) is 3. The van der Waals surface area contributed by atoms with Gasteiger partial charge in [0.2, 0.25) is 0 Å². The number of rotatable bonds is 1. The monoisotopic (exact) mass is 207 g/mol. The maximum atomic E-state index is 9.17. The standard InChI is InChI=1S/C11H17N3O/c1-9-5-11-10(6-12-9)7-14(8-15)4-3-13(11)2/h5-6,15H,3-4,7-8H2,1-2H3. The smallest absolute Gasteiger partial charge is 0.0960 e. The number of pyridine rings is 1. The van der Waals surface area contributed by atoms with Crippen LogP contribution in [-0.2, 0) is 6.54 Å². The minimum Gasteiger partial charge on any atom is -0.381 e. The lowest BCUT2D eigenvalue weighted by Gasteiger charge is -2.18. The molecule has 0 atom stereocenters. The van der Waals surface area contributed by atoms with Gasteiger partial charge < -0.3 is 10.0 Å². The van der Waals surface area contributed by atoms with Gasteiger partial charge in [-0.2, -0.15) is 0 Å². The van der Waals surface area contributed by atoms with Gasteiger partial charge in [0.15, 0.2) is 0 Å². The number of fused-ring (bicyclic) bond motifs is 1. The van der Waals surface area contributed by atoms with Crippen molar-refractivity contribution in [3.63, 3.8) is 0 Å². The lowest BCUT2D eigenvalue weighted by Crippen LogP contribution is -2.29. The second-order valence-corrected chi connectivity index (χ2v) is 4.07. The summed E-state index contributed by atoms with van der Waals surface area (Å²) in [5, 5.41) is 9.17. The number of hydrogen-bond acceptors (Lipinski definition) is 4. The Labute approximate surface area is 90.1 Å². The fraction of sp³-hybridized carbons (Fsp3) is 0.545. The second-order valence-electron chi connectivity index (χ2n) is 4.07. The van der Waals surface area contributed by atoms with E-state index in [1.165, 1.54) is 11.3 Å². The maximum Gasteiger partial charge on any atom is 0.0960 e. The Morgan fingerprint density at radius 1 is 1.47 bits per heavy atom. The highest BCUT2D eigenvalue weighted by Crippen LogP contribution is 2.23. The lowest BCUT2D eigenvalue weighted by atomic mass is 10.2. The largest absolute Gasteiger partial charge is 0.381 e. The molecule has 4 heteroatoms. The van der Waals surface area contributed by atoms with Crippen LogP contribution in [0, 0.1) is 6.92 Å². The van der Waals surface area contributed by atoms with Crippen molar-refractivity contribution in [3.8, 4) is 0 Å². The topological polar surface area (TPSA) is 39.6 Å². The van der Waals surface area contributed by atoms with Crippen LogP contribution in [0.3, 0.4) is 0 Å². The van der Waals surface area contributed by atoms with Crippen LogP contribution in [-0.4, -0.2) is 41.9 Å². The van der Waals surface area contributed by atoms with Gasteiger partial charge in [0.25, 0.3) is 0 Å². The molecule has 1 aliphatic rings. The fourth-order valence-electron chi connectivity index (χ4n) is 1.90. The van der Waals surface area contributed by atoms with Gasteiger partial charge in [-0.3, -0.25) is 9.88 Å². The molecular weight excluding hydrogens is 190 g/mol. The number of aliphatic hydroxyl groups excluding tert-OH is 1. The molecule has 4 nitrogen and oxygen atoms in total. The Morgan fingerprint density at radius 2 is 2.27 bits per heavy atom. The summed E-state index contributed by atoms with van der Waals surface area (Å²) >= 11 is 0. The number of likely N-dealkylation sites (N-methyl/N-ethyl adjacent to an activating group) is 1. The van der Waals surface area contributed by atoms with Gasteiger partial charge in [-0.25, -0.2) is 0 Å². The van der Waals surface area contributed by atoms with Crippen LogP contribution in [0.1, 0.15) is 11.3 Å². The Balaban J connectivity index is 2.35. The van der Waals surface area contributed by atoms with Gasteiger partial charge in [0.1, 0.15) is 0 Å². The van der Waals surface area contributed by atoms with Crippen molar-refractivity contribution in [1.29, 1.82) is 0 Å². The van der Waals surface area contributed by atoms with Crippen molar-refractivity contribution in [2.75, 3.05) is 31.8 Å². The molecule has 0 unspecified atom stereocenters. The summed E-state index contributed by atoms with van der Waals surface area (Å²) in [6.45, 7) is 4.73. The molecular formula is C11H17N3O. The molecule has 15 heavy (non-hydrogen) atoms. The molecule has 1 aromatic heterocycles. The van der Waals surface area contributed by atoms with Crippen LogP contribution in [0.5, 0.6) is 0 Å². The van der Waals surface area contributed by atoms with Crippen LogP contribution in [0.4, 0.5) is 5.69 Å². The van der Waals surface area contributed by atoms with E-state index in [1.807, 2.05) is 18.0 Å². The van der Waals surface area contributed by atoms with Crippen LogP contribution in [0.15, 0.2) is 12.3 Å². The van der Waals surface area contributed by atoms with Gasteiger partial charge in [-0.15, -0.1) is 0 Å². The zero-order valence-corrected chi connectivity index (χ0v) is 9.27. The highest BCUT2D eigenvalue weighted by Gasteiger charge is 2.16. The zero-order chi connectivity index (χ0) is 10.8. The Hall–Kier alpha value is -1.13. The summed E-state index contributed by atoms with van der Waals surface area (Å²) in [6.07, 6.45) is 1.91. The molecule has 0 saturated heterocycles. The van der Waals surface area contributed by atoms with Gasteiger partial charge in [0.05, 0.1) is 6.73 Å². The SMILES string of the molecule is Cc1cc2c(cn1)CN(CO)CCN2C. The van der Waals surface area contributed by atoms with E-state index in [4.69, 9.17) is 5.11 Å². The van der Waals surface area contributed by atoms with E-state index in [-0.39, 0.29) is 6.73 Å². The fourth-order valence-corrected chi connectivity index (χ4v) is 1.90. The molecule has 0 amide bonds. The zero-order valence-electron chi connectivity index (χ0n) is 9.27. The summed E-state index contributed by atoms with van der Waals surface area (Å²) in [5.41, 5.74) is 3.46. The van der Waals surface area contributed by atoms with E-state index in [0.29, 0.717) is 0 Å². The van der Waals surface area contributed by atoms with Crippen LogP contribution in [0.25, 0.3) is 0 Å².